The quantitative estimate of drug-likeness (QED) is 0.793. The Kier molecular flexibility index (Phi) is 3.29. The van der Waals surface area contributed by atoms with Crippen LogP contribution in [-0.4, -0.2) is 0 Å². The van der Waals surface area contributed by atoms with E-state index in [2.05, 4.69) is 12.1 Å². The molecule has 0 aliphatic rings. The average Bonchev–Trinajstić information content (AvgIpc) is 2.13. The number of benzene rings is 2. The van der Waals surface area contributed by atoms with Crippen LogP contribution in [0, 0.1) is 13.8 Å². The fourth-order valence-corrected chi connectivity index (χ4v) is 2.96. The van der Waals surface area contributed by atoms with E-state index in [0.717, 1.165) is 21.2 Å². The molecule has 88 valence electrons. The zero-order valence-electron chi connectivity index (χ0n) is 10.0. The van der Waals surface area contributed by atoms with E-state index in [1.165, 1.54) is 11.1 Å². The fourth-order valence-electron chi connectivity index (χ4n) is 1.81. The summed E-state index contributed by atoms with van der Waals surface area (Å²) in [6.45, 7) is 4.09. The zero-order valence-corrected chi connectivity index (χ0v) is 10.8. The maximum atomic E-state index is 5.83. The molecule has 0 radical (unpaired) electrons. The van der Waals surface area contributed by atoms with Gasteiger partial charge in [-0.15, -0.1) is 0 Å². The van der Waals surface area contributed by atoms with Crippen LogP contribution in [0.2, 0.25) is 0 Å². The second-order valence-electron chi connectivity index (χ2n) is 4.26. The minimum Gasteiger partial charge on any atom is -0.399 e. The van der Waals surface area contributed by atoms with E-state index >= 15 is 0 Å². The number of nitrogens with two attached hydrogens (primary N) is 2. The highest BCUT2D eigenvalue weighted by Crippen LogP contribution is 2.31. The third kappa shape index (κ3) is 3.17. The van der Waals surface area contributed by atoms with Crippen LogP contribution in [0.25, 0.3) is 0 Å². The van der Waals surface area contributed by atoms with Gasteiger partial charge in [-0.1, -0.05) is 11.8 Å². The minimum absolute atomic E-state index is 0.799. The molecule has 0 aliphatic carbocycles. The summed E-state index contributed by atoms with van der Waals surface area (Å²) in [7, 11) is 0. The number of rotatable bonds is 2. The highest BCUT2D eigenvalue weighted by Gasteiger charge is 2.01. The maximum absolute atomic E-state index is 5.83. The molecule has 0 fully saturated rings. The number of anilines is 2. The molecule has 0 unspecified atom stereocenters. The van der Waals surface area contributed by atoms with Gasteiger partial charge in [0.15, 0.2) is 0 Å². The van der Waals surface area contributed by atoms with Gasteiger partial charge in [-0.3, -0.25) is 0 Å². The molecule has 0 aliphatic heterocycles. The van der Waals surface area contributed by atoms with Gasteiger partial charge in [0.2, 0.25) is 0 Å². The van der Waals surface area contributed by atoms with Gasteiger partial charge in [0.1, 0.15) is 0 Å². The summed E-state index contributed by atoms with van der Waals surface area (Å²) in [5, 5.41) is 0. The number of nitrogen functional groups attached to an aromatic ring is 2. The lowest BCUT2D eigenvalue weighted by Gasteiger charge is -2.06. The van der Waals surface area contributed by atoms with E-state index in [-0.39, 0.29) is 0 Å². The number of hydrogen-bond acceptors (Lipinski definition) is 3. The lowest BCUT2D eigenvalue weighted by molar-refractivity contribution is 1.33. The first kappa shape index (κ1) is 11.9. The second-order valence-corrected chi connectivity index (χ2v) is 5.41. The Bertz CT molecular complexity index is 460. The summed E-state index contributed by atoms with van der Waals surface area (Å²) in [5.41, 5.74) is 15.6. The molecule has 4 N–H and O–H groups in total. The van der Waals surface area contributed by atoms with Crippen LogP contribution < -0.4 is 11.5 Å². The standard InChI is InChI=1S/C14H16N2S/c1-9-3-11(15)7-13(5-9)17-14-6-10(2)4-12(16)8-14/h3-8H,15-16H2,1-2H3. The Balaban J connectivity index is 2.31. The first-order valence-electron chi connectivity index (χ1n) is 5.45. The van der Waals surface area contributed by atoms with Crippen molar-refractivity contribution in [2.24, 2.45) is 0 Å². The molecule has 2 aromatic rings. The lowest BCUT2D eigenvalue weighted by Crippen LogP contribution is -1.88. The summed E-state index contributed by atoms with van der Waals surface area (Å²) in [6.07, 6.45) is 0. The molecule has 0 aromatic heterocycles. The Morgan fingerprint density at radius 2 is 1.12 bits per heavy atom. The van der Waals surface area contributed by atoms with Crippen molar-refractivity contribution in [3.8, 4) is 0 Å². The first-order chi connectivity index (χ1) is 8.02. The summed E-state index contributed by atoms with van der Waals surface area (Å²) in [6, 6.07) is 12.1. The van der Waals surface area contributed by atoms with Crippen molar-refractivity contribution in [1.29, 1.82) is 0 Å². The fraction of sp³-hybridized carbons (Fsp3) is 0.143. The van der Waals surface area contributed by atoms with E-state index < -0.39 is 0 Å². The highest BCUT2D eigenvalue weighted by atomic mass is 32.2. The summed E-state index contributed by atoms with van der Waals surface area (Å²) in [5.74, 6) is 0. The van der Waals surface area contributed by atoms with Gasteiger partial charge in [-0.25, -0.2) is 0 Å². The van der Waals surface area contributed by atoms with E-state index in [9.17, 15) is 0 Å². The van der Waals surface area contributed by atoms with Crippen molar-refractivity contribution < 1.29 is 0 Å². The van der Waals surface area contributed by atoms with Crippen LogP contribution in [0.5, 0.6) is 0 Å². The van der Waals surface area contributed by atoms with E-state index in [1.54, 1.807) is 11.8 Å². The number of hydrogen-bond donors (Lipinski definition) is 2. The van der Waals surface area contributed by atoms with Crippen LogP contribution in [0.3, 0.4) is 0 Å². The van der Waals surface area contributed by atoms with Crippen molar-refractivity contribution in [1.82, 2.24) is 0 Å². The molecular formula is C14H16N2S. The third-order valence-corrected chi connectivity index (χ3v) is 3.32. The monoisotopic (exact) mass is 244 g/mol. The SMILES string of the molecule is Cc1cc(N)cc(Sc2cc(C)cc(N)c2)c1. The molecule has 2 aromatic carbocycles. The normalized spacial score (nSPS) is 10.5. The van der Waals surface area contributed by atoms with E-state index in [4.69, 9.17) is 11.5 Å². The Morgan fingerprint density at radius 1 is 0.706 bits per heavy atom. The number of aryl methyl sites for hydroxylation is 2. The maximum Gasteiger partial charge on any atom is 0.0328 e. The molecule has 0 heterocycles. The van der Waals surface area contributed by atoms with Crippen molar-refractivity contribution in [3.63, 3.8) is 0 Å². The largest absolute Gasteiger partial charge is 0.399 e. The molecule has 0 saturated carbocycles. The predicted molar refractivity (Wildman–Crippen MR) is 75.3 cm³/mol. The second kappa shape index (κ2) is 4.72. The molecule has 0 bridgehead atoms. The van der Waals surface area contributed by atoms with Gasteiger partial charge in [-0.05, 0) is 61.4 Å². The molecule has 0 amide bonds. The molecule has 0 atom stereocenters. The van der Waals surface area contributed by atoms with Crippen molar-refractivity contribution in [2.75, 3.05) is 11.5 Å². The third-order valence-electron chi connectivity index (χ3n) is 2.38. The topological polar surface area (TPSA) is 52.0 Å². The van der Waals surface area contributed by atoms with Gasteiger partial charge in [0, 0.05) is 21.2 Å². The van der Waals surface area contributed by atoms with Crippen LogP contribution in [-0.2, 0) is 0 Å². The molecular weight excluding hydrogens is 228 g/mol. The van der Waals surface area contributed by atoms with E-state index in [1.807, 2.05) is 38.1 Å². The van der Waals surface area contributed by atoms with Crippen molar-refractivity contribution >= 4 is 23.1 Å². The van der Waals surface area contributed by atoms with Crippen LogP contribution in [0.4, 0.5) is 11.4 Å². The summed E-state index contributed by atoms with van der Waals surface area (Å²) in [4.78, 5) is 2.29. The zero-order chi connectivity index (χ0) is 12.4. The average molecular weight is 244 g/mol. The summed E-state index contributed by atoms with van der Waals surface area (Å²) >= 11 is 1.68. The van der Waals surface area contributed by atoms with Crippen LogP contribution in [0.15, 0.2) is 46.2 Å². The lowest BCUT2D eigenvalue weighted by atomic mass is 10.2. The molecule has 0 spiro atoms. The van der Waals surface area contributed by atoms with Crippen molar-refractivity contribution in [3.05, 3.63) is 47.5 Å². The molecule has 2 nitrogen and oxygen atoms in total. The van der Waals surface area contributed by atoms with Gasteiger partial charge < -0.3 is 11.5 Å². The van der Waals surface area contributed by atoms with E-state index in [0.29, 0.717) is 0 Å². The van der Waals surface area contributed by atoms with Crippen LogP contribution in [0.1, 0.15) is 11.1 Å². The van der Waals surface area contributed by atoms with Gasteiger partial charge in [-0.2, -0.15) is 0 Å². The Hall–Kier alpha value is -1.61. The predicted octanol–water partition coefficient (Wildman–Crippen LogP) is 3.62. The molecule has 0 saturated heterocycles. The summed E-state index contributed by atoms with van der Waals surface area (Å²) < 4.78 is 0. The minimum atomic E-state index is 0.799. The molecule has 3 heteroatoms. The molecule has 2 rings (SSSR count). The van der Waals surface area contributed by atoms with Gasteiger partial charge in [0.25, 0.3) is 0 Å². The smallest absolute Gasteiger partial charge is 0.0328 e. The van der Waals surface area contributed by atoms with Gasteiger partial charge in [0.05, 0.1) is 0 Å². The highest BCUT2D eigenvalue weighted by molar-refractivity contribution is 7.99. The molecule has 17 heavy (non-hydrogen) atoms. The van der Waals surface area contributed by atoms with Crippen LogP contribution >= 0.6 is 11.8 Å². The van der Waals surface area contributed by atoms with Crippen molar-refractivity contribution in [2.45, 2.75) is 23.6 Å². The van der Waals surface area contributed by atoms with Gasteiger partial charge >= 0.3 is 0 Å². The Morgan fingerprint density at radius 3 is 1.47 bits per heavy atom. The first-order valence-corrected chi connectivity index (χ1v) is 6.27. The Labute approximate surface area is 106 Å².